The number of hydrogen-bond donors (Lipinski definition) is 5. The van der Waals surface area contributed by atoms with Crippen molar-refractivity contribution in [1.82, 2.24) is 10.6 Å². The Kier molecular flexibility index (Phi) is 8.46. The molecule has 2 unspecified atom stereocenters. The minimum Gasteiger partial charge on any atom is -0.508 e. The fraction of sp³-hybridized carbons (Fsp3) is 0.529. The van der Waals surface area contributed by atoms with Crippen molar-refractivity contribution in [2.45, 2.75) is 51.0 Å². The average molecular weight is 338 g/mol. The van der Waals surface area contributed by atoms with Crippen molar-refractivity contribution in [2.75, 3.05) is 6.54 Å². The van der Waals surface area contributed by atoms with Gasteiger partial charge in [-0.3, -0.25) is 0 Å². The Labute approximate surface area is 141 Å². The Balaban J connectivity index is 2.69. The highest BCUT2D eigenvalue weighted by Crippen LogP contribution is 2.28. The second-order valence-corrected chi connectivity index (χ2v) is 5.84. The number of aromatic hydroxyl groups is 1. The highest BCUT2D eigenvalue weighted by atomic mass is 16.4. The number of phenolic OH excluding ortho intramolecular Hbond substituents is 1. The van der Waals surface area contributed by atoms with Gasteiger partial charge in [-0.25, -0.2) is 9.59 Å². The first kappa shape index (κ1) is 19.6. The van der Waals surface area contributed by atoms with Gasteiger partial charge in [-0.15, -0.1) is 0 Å². The number of unbranched alkanes of at least 4 members (excludes halogenated alkanes) is 1. The van der Waals surface area contributed by atoms with E-state index >= 15 is 0 Å². The lowest BCUT2D eigenvalue weighted by molar-refractivity contribution is 0.182. The summed E-state index contributed by atoms with van der Waals surface area (Å²) in [5.41, 5.74) is 1.10. The molecule has 0 radical (unpaired) electrons. The molecule has 5 N–H and O–H groups in total. The maximum atomic E-state index is 10.9. The molecule has 0 spiro atoms. The molecule has 0 fully saturated rings. The summed E-state index contributed by atoms with van der Waals surface area (Å²) in [6.45, 7) is 2.15. The highest BCUT2D eigenvalue weighted by molar-refractivity contribution is 5.66. The van der Waals surface area contributed by atoms with Crippen molar-refractivity contribution in [3.05, 3.63) is 29.8 Å². The molecule has 1 rings (SSSR count). The smallest absolute Gasteiger partial charge is 0.404 e. The molecule has 0 saturated carbocycles. The van der Waals surface area contributed by atoms with E-state index in [0.29, 0.717) is 6.42 Å². The Morgan fingerprint density at radius 1 is 1.04 bits per heavy atom. The molecule has 2 atom stereocenters. The summed E-state index contributed by atoms with van der Waals surface area (Å²) in [5.74, 6) is 0.456. The third-order valence-electron chi connectivity index (χ3n) is 3.96. The van der Waals surface area contributed by atoms with Crippen LogP contribution < -0.4 is 10.6 Å². The molecule has 7 heteroatoms. The van der Waals surface area contributed by atoms with Gasteiger partial charge in [0.2, 0.25) is 0 Å². The van der Waals surface area contributed by atoms with Gasteiger partial charge in [0, 0.05) is 12.6 Å². The van der Waals surface area contributed by atoms with Crippen LogP contribution in [0.1, 0.15) is 50.5 Å². The van der Waals surface area contributed by atoms with E-state index in [2.05, 4.69) is 17.6 Å². The lowest BCUT2D eigenvalue weighted by Crippen LogP contribution is -2.43. The fourth-order valence-electron chi connectivity index (χ4n) is 2.69. The zero-order valence-corrected chi connectivity index (χ0v) is 13.9. The summed E-state index contributed by atoms with van der Waals surface area (Å²) in [4.78, 5) is 21.5. The van der Waals surface area contributed by atoms with Gasteiger partial charge in [-0.1, -0.05) is 31.9 Å². The van der Waals surface area contributed by atoms with Crippen molar-refractivity contribution >= 4 is 12.2 Å². The van der Waals surface area contributed by atoms with Crippen LogP contribution in [0.15, 0.2) is 24.3 Å². The van der Waals surface area contributed by atoms with Gasteiger partial charge in [-0.2, -0.15) is 0 Å². The first-order chi connectivity index (χ1) is 11.4. The monoisotopic (exact) mass is 338 g/mol. The summed E-state index contributed by atoms with van der Waals surface area (Å²) in [6.07, 6.45) is 2.00. The summed E-state index contributed by atoms with van der Waals surface area (Å²) >= 11 is 0. The van der Waals surface area contributed by atoms with Crippen LogP contribution in [0, 0.1) is 0 Å². The normalized spacial score (nSPS) is 13.0. The van der Waals surface area contributed by atoms with Gasteiger partial charge < -0.3 is 26.0 Å². The molecule has 1 aromatic rings. The van der Waals surface area contributed by atoms with Crippen LogP contribution >= 0.6 is 0 Å². The molecule has 0 aromatic heterocycles. The predicted molar refractivity (Wildman–Crippen MR) is 90.6 cm³/mol. The van der Waals surface area contributed by atoms with E-state index in [1.165, 1.54) is 0 Å². The Bertz CT molecular complexity index is 518. The Morgan fingerprint density at radius 2 is 1.71 bits per heavy atom. The number of hydrogen-bond acceptors (Lipinski definition) is 3. The van der Waals surface area contributed by atoms with Crippen molar-refractivity contribution < 1.29 is 24.9 Å². The van der Waals surface area contributed by atoms with Crippen LogP contribution in [0.4, 0.5) is 9.59 Å². The second kappa shape index (κ2) is 10.4. The quantitative estimate of drug-likeness (QED) is 0.448. The zero-order chi connectivity index (χ0) is 17.9. The molecular formula is C17H26N2O5. The summed E-state index contributed by atoms with van der Waals surface area (Å²) in [7, 11) is 0. The molecule has 0 aliphatic carbocycles. The van der Waals surface area contributed by atoms with Gasteiger partial charge in [0.15, 0.2) is 0 Å². The standard InChI is InChI=1S/C17H26N2O5/c1-2-3-4-12(13-6-9-15(20)10-7-13)5-8-14(19-17(23)24)11-18-16(21)22/h6-7,9-10,12,14,18-20H,2-5,8,11H2,1H3,(H,21,22)(H,23,24). The van der Waals surface area contributed by atoms with Crippen LogP contribution in [-0.2, 0) is 0 Å². The molecule has 0 saturated heterocycles. The largest absolute Gasteiger partial charge is 0.508 e. The number of nitrogens with one attached hydrogen (secondary N) is 2. The molecule has 134 valence electrons. The number of carboxylic acid groups (broad SMARTS) is 2. The van der Waals surface area contributed by atoms with Crippen LogP contribution in [0.5, 0.6) is 5.75 Å². The molecule has 1 aromatic carbocycles. The van der Waals surface area contributed by atoms with Crippen molar-refractivity contribution in [2.24, 2.45) is 0 Å². The minimum atomic E-state index is -1.17. The maximum absolute atomic E-state index is 10.9. The maximum Gasteiger partial charge on any atom is 0.404 e. The van der Waals surface area contributed by atoms with Gasteiger partial charge in [-0.05, 0) is 42.9 Å². The zero-order valence-electron chi connectivity index (χ0n) is 13.9. The minimum absolute atomic E-state index is 0.0394. The van der Waals surface area contributed by atoms with Crippen molar-refractivity contribution in [1.29, 1.82) is 0 Å². The molecule has 24 heavy (non-hydrogen) atoms. The number of phenols is 1. The number of benzene rings is 1. The van der Waals surface area contributed by atoms with E-state index in [9.17, 15) is 14.7 Å². The molecule has 2 amide bonds. The number of rotatable bonds is 10. The Morgan fingerprint density at radius 3 is 2.25 bits per heavy atom. The van der Waals surface area contributed by atoms with E-state index in [4.69, 9.17) is 10.2 Å². The summed E-state index contributed by atoms with van der Waals surface area (Å²) < 4.78 is 0. The topological polar surface area (TPSA) is 119 Å². The van der Waals surface area contributed by atoms with Crippen LogP contribution in [0.2, 0.25) is 0 Å². The van der Waals surface area contributed by atoms with E-state index < -0.39 is 18.2 Å². The van der Waals surface area contributed by atoms with E-state index in [1.54, 1.807) is 12.1 Å². The highest BCUT2D eigenvalue weighted by Gasteiger charge is 2.17. The first-order valence-corrected chi connectivity index (χ1v) is 8.17. The molecule has 0 aliphatic heterocycles. The SMILES string of the molecule is CCCCC(CCC(CNC(=O)O)NC(=O)O)c1ccc(O)cc1. The van der Waals surface area contributed by atoms with Gasteiger partial charge in [0.1, 0.15) is 5.75 Å². The number of amides is 2. The predicted octanol–water partition coefficient (Wildman–Crippen LogP) is 3.35. The molecule has 7 nitrogen and oxygen atoms in total. The molecule has 0 heterocycles. The van der Waals surface area contributed by atoms with Crippen molar-refractivity contribution in [3.8, 4) is 5.75 Å². The van der Waals surface area contributed by atoms with E-state index in [0.717, 1.165) is 31.2 Å². The second-order valence-electron chi connectivity index (χ2n) is 5.84. The molecule has 0 aliphatic rings. The summed E-state index contributed by atoms with van der Waals surface area (Å²) in [5, 5.41) is 31.6. The van der Waals surface area contributed by atoms with Crippen LogP contribution in [0.25, 0.3) is 0 Å². The summed E-state index contributed by atoms with van der Waals surface area (Å²) in [6, 6.07) is 6.58. The van der Waals surface area contributed by atoms with Crippen molar-refractivity contribution in [3.63, 3.8) is 0 Å². The van der Waals surface area contributed by atoms with Gasteiger partial charge in [0.05, 0.1) is 0 Å². The third-order valence-corrected chi connectivity index (χ3v) is 3.96. The van der Waals surface area contributed by atoms with Crippen LogP contribution in [0.3, 0.4) is 0 Å². The molecular weight excluding hydrogens is 312 g/mol. The van der Waals surface area contributed by atoms with Gasteiger partial charge >= 0.3 is 12.2 Å². The van der Waals surface area contributed by atoms with Crippen LogP contribution in [-0.4, -0.2) is 40.1 Å². The lowest BCUT2D eigenvalue weighted by Gasteiger charge is -2.22. The fourth-order valence-corrected chi connectivity index (χ4v) is 2.69. The molecule has 0 bridgehead atoms. The average Bonchev–Trinajstić information content (AvgIpc) is 2.53. The van der Waals surface area contributed by atoms with Gasteiger partial charge in [0.25, 0.3) is 0 Å². The van der Waals surface area contributed by atoms with E-state index in [-0.39, 0.29) is 18.2 Å². The first-order valence-electron chi connectivity index (χ1n) is 8.17. The third kappa shape index (κ3) is 7.71. The number of carbonyl (C=O) groups is 2. The Hall–Kier alpha value is -2.44. The lowest BCUT2D eigenvalue weighted by atomic mass is 9.88. The van der Waals surface area contributed by atoms with E-state index in [1.807, 2.05) is 12.1 Å².